The molecule has 9 heteroatoms. The molecule has 0 bridgehead atoms. The Morgan fingerprint density at radius 2 is 1.53 bits per heavy atom. The highest BCUT2D eigenvalue weighted by molar-refractivity contribution is 7.78. The number of benzene rings is 2. The minimum absolute atomic E-state index is 0.0817. The number of aliphatic carboxylic acids is 2. The summed E-state index contributed by atoms with van der Waals surface area (Å²) < 4.78 is 5.44. The zero-order valence-electron chi connectivity index (χ0n) is 17.6. The van der Waals surface area contributed by atoms with E-state index >= 15 is 0 Å². The zero-order chi connectivity index (χ0) is 24.1. The van der Waals surface area contributed by atoms with E-state index in [0.29, 0.717) is 35.6 Å². The molecule has 1 atom stereocenters. The van der Waals surface area contributed by atoms with Gasteiger partial charge >= 0.3 is 11.9 Å². The van der Waals surface area contributed by atoms with Crippen molar-refractivity contribution >= 4 is 46.6 Å². The third-order valence-electron chi connectivity index (χ3n) is 4.05. The maximum absolute atomic E-state index is 12.4. The van der Waals surface area contributed by atoms with Gasteiger partial charge in [0.25, 0.3) is 0 Å². The molecule has 2 rings (SSSR count). The molecule has 0 aliphatic carbocycles. The number of ether oxygens (including phenoxy) is 1. The van der Waals surface area contributed by atoms with E-state index in [0.717, 1.165) is 0 Å². The van der Waals surface area contributed by atoms with E-state index in [1.807, 2.05) is 0 Å². The number of carbonyl (C=O) groups excluding carboxylic acids is 2. The number of rotatable bonds is 10. The number of carboxylic acids is 2. The molecule has 1 unspecified atom stereocenters. The minimum atomic E-state index is -1.08. The zero-order valence-corrected chi connectivity index (χ0v) is 18.4. The van der Waals surface area contributed by atoms with Gasteiger partial charge in [0.2, 0.25) is 0 Å². The van der Waals surface area contributed by atoms with Gasteiger partial charge in [0, 0.05) is 17.5 Å². The van der Waals surface area contributed by atoms with Crippen molar-refractivity contribution < 1.29 is 34.1 Å². The molecule has 0 fully saturated rings. The number of nitrogens with zero attached hydrogens (tertiary/aromatic N) is 1. The summed E-state index contributed by atoms with van der Waals surface area (Å²) in [7, 11) is 0. The second-order valence-electron chi connectivity index (χ2n) is 6.74. The van der Waals surface area contributed by atoms with Crippen molar-refractivity contribution in [1.82, 2.24) is 0 Å². The summed E-state index contributed by atoms with van der Waals surface area (Å²) in [6.45, 7) is 3.22. The van der Waals surface area contributed by atoms with Crippen LogP contribution in [0.3, 0.4) is 0 Å². The molecule has 2 aromatic carbocycles. The van der Waals surface area contributed by atoms with Gasteiger partial charge in [-0.2, -0.15) is 4.99 Å². The Morgan fingerprint density at radius 1 is 1.00 bits per heavy atom. The summed E-state index contributed by atoms with van der Waals surface area (Å²) in [5.41, 5.74) is 1.79. The monoisotopic (exact) mass is 457 g/mol. The fourth-order valence-electron chi connectivity index (χ4n) is 2.27. The molecule has 0 spiro atoms. The molecular weight excluding hydrogens is 434 g/mol. The first-order valence-electron chi connectivity index (χ1n) is 9.53. The normalized spacial score (nSPS) is 10.6. The molecule has 0 aromatic heterocycles. The number of Topliss-reactive ketones (excluding diaryl/α,β-unsaturated/α-hetero) is 1. The van der Waals surface area contributed by atoms with Crippen LogP contribution in [0.5, 0.6) is 5.75 Å². The van der Waals surface area contributed by atoms with Crippen LogP contribution in [0.4, 0.5) is 5.69 Å². The number of isothiocyanates is 1. The Kier molecular flexibility index (Phi) is 11.2. The molecule has 32 heavy (non-hydrogen) atoms. The van der Waals surface area contributed by atoms with Gasteiger partial charge in [-0.15, -0.1) is 0 Å². The topological polar surface area (TPSA) is 130 Å². The first kappa shape index (κ1) is 26.4. The van der Waals surface area contributed by atoms with E-state index in [9.17, 15) is 19.2 Å². The van der Waals surface area contributed by atoms with Crippen LogP contribution in [0.15, 0.2) is 53.5 Å². The van der Waals surface area contributed by atoms with Gasteiger partial charge in [-0.3, -0.25) is 19.2 Å². The third-order valence-corrected chi connectivity index (χ3v) is 4.14. The fraction of sp³-hybridized carbons (Fsp3) is 0.261. The second-order valence-corrected chi connectivity index (χ2v) is 6.92. The number of hydrogen-bond donors (Lipinski definition) is 2. The lowest BCUT2D eigenvalue weighted by Gasteiger charge is -2.06. The van der Waals surface area contributed by atoms with Crippen LogP contribution in [0.2, 0.25) is 0 Å². The van der Waals surface area contributed by atoms with E-state index in [1.54, 1.807) is 48.5 Å². The molecule has 2 N–H and O–H groups in total. The Hall–Kier alpha value is -3.68. The Balaban J connectivity index is 0.000000482. The van der Waals surface area contributed by atoms with Gasteiger partial charge in [0.15, 0.2) is 5.78 Å². The van der Waals surface area contributed by atoms with Gasteiger partial charge in [-0.25, -0.2) is 0 Å². The molecule has 2 aromatic rings. The number of aliphatic imine (C=N–C) groups is 1. The smallest absolute Gasteiger partial charge is 0.306 e. The maximum atomic E-state index is 12.4. The van der Waals surface area contributed by atoms with E-state index in [1.165, 1.54) is 13.8 Å². The highest BCUT2D eigenvalue weighted by Crippen LogP contribution is 2.18. The molecule has 0 saturated carbocycles. The van der Waals surface area contributed by atoms with E-state index in [2.05, 4.69) is 22.4 Å². The van der Waals surface area contributed by atoms with Gasteiger partial charge in [-0.05, 0) is 67.7 Å². The summed E-state index contributed by atoms with van der Waals surface area (Å²) in [5.74, 6) is -2.31. The SMILES string of the molecule is CC(=O)CCOc1ccc(C(=O)c2ccc(N=C=S)cc2)cc1.CC(CC(=O)O)C(=O)O. The molecule has 8 nitrogen and oxygen atoms in total. The van der Waals surface area contributed by atoms with E-state index < -0.39 is 17.9 Å². The van der Waals surface area contributed by atoms with Crippen LogP contribution in [-0.2, 0) is 14.4 Å². The van der Waals surface area contributed by atoms with Gasteiger partial charge in [0.05, 0.1) is 29.8 Å². The number of thiocarbonyl (C=S) groups is 1. The molecule has 0 radical (unpaired) electrons. The van der Waals surface area contributed by atoms with Crippen LogP contribution >= 0.6 is 12.2 Å². The third kappa shape index (κ3) is 9.88. The molecule has 0 aliphatic heterocycles. The Morgan fingerprint density at radius 3 is 1.94 bits per heavy atom. The van der Waals surface area contributed by atoms with Crippen LogP contribution in [0, 0.1) is 5.92 Å². The molecule has 0 heterocycles. The van der Waals surface area contributed by atoms with E-state index in [-0.39, 0.29) is 18.0 Å². The summed E-state index contributed by atoms with van der Waals surface area (Å²) >= 11 is 4.54. The number of hydrogen-bond acceptors (Lipinski definition) is 7. The summed E-state index contributed by atoms with van der Waals surface area (Å²) in [4.78, 5) is 46.9. The van der Waals surface area contributed by atoms with Crippen molar-refractivity contribution in [2.45, 2.75) is 26.7 Å². The van der Waals surface area contributed by atoms with Crippen molar-refractivity contribution in [2.75, 3.05) is 6.61 Å². The standard InChI is InChI=1S/C18H15NO3S.C5H8O4/c1-13(20)10-11-22-17-8-4-15(5-9-17)18(21)14-2-6-16(7-3-14)19-12-23;1-3(5(8)9)2-4(6)7/h2-9H,10-11H2,1H3;3H,2H2,1H3,(H,6,7)(H,8,9). The highest BCUT2D eigenvalue weighted by atomic mass is 32.1. The lowest BCUT2D eigenvalue weighted by atomic mass is 10.0. The van der Waals surface area contributed by atoms with Crippen LogP contribution in [0.1, 0.15) is 42.6 Å². The maximum Gasteiger partial charge on any atom is 0.306 e. The fourth-order valence-corrected chi connectivity index (χ4v) is 2.38. The molecule has 168 valence electrons. The largest absolute Gasteiger partial charge is 0.493 e. The summed E-state index contributed by atoms with van der Waals surface area (Å²) in [6.07, 6.45) is 0.0621. The van der Waals surface area contributed by atoms with Crippen molar-refractivity contribution in [1.29, 1.82) is 0 Å². The average molecular weight is 458 g/mol. The average Bonchev–Trinajstić information content (AvgIpc) is 2.74. The molecule has 0 saturated heterocycles. The lowest BCUT2D eigenvalue weighted by Crippen LogP contribution is -2.13. The number of ketones is 2. The van der Waals surface area contributed by atoms with Gasteiger partial charge < -0.3 is 14.9 Å². The lowest BCUT2D eigenvalue weighted by molar-refractivity contribution is -0.147. The van der Waals surface area contributed by atoms with Crippen molar-refractivity contribution in [3.8, 4) is 5.75 Å². The Bertz CT molecular complexity index is 994. The Labute approximate surface area is 190 Å². The van der Waals surface area contributed by atoms with Gasteiger partial charge in [0.1, 0.15) is 11.5 Å². The number of carboxylic acid groups (broad SMARTS) is 2. The molecule has 0 amide bonds. The predicted molar refractivity (Wildman–Crippen MR) is 121 cm³/mol. The molecule has 0 aliphatic rings. The van der Waals surface area contributed by atoms with Crippen LogP contribution in [0.25, 0.3) is 0 Å². The molecular formula is C23H23NO7S. The van der Waals surface area contributed by atoms with Crippen molar-refractivity contribution in [3.63, 3.8) is 0 Å². The van der Waals surface area contributed by atoms with Gasteiger partial charge in [-0.1, -0.05) is 6.92 Å². The first-order valence-corrected chi connectivity index (χ1v) is 9.94. The second kappa shape index (κ2) is 13.6. The summed E-state index contributed by atoms with van der Waals surface area (Å²) in [6, 6.07) is 13.7. The minimum Gasteiger partial charge on any atom is -0.493 e. The summed E-state index contributed by atoms with van der Waals surface area (Å²) in [5, 5.41) is 18.5. The quantitative estimate of drug-likeness (QED) is 0.308. The first-order chi connectivity index (χ1) is 15.1. The van der Waals surface area contributed by atoms with Crippen LogP contribution in [-0.4, -0.2) is 45.5 Å². The predicted octanol–water partition coefficient (Wildman–Crippen LogP) is 4.19. The van der Waals surface area contributed by atoms with Crippen molar-refractivity contribution in [2.24, 2.45) is 10.9 Å². The van der Waals surface area contributed by atoms with Crippen molar-refractivity contribution in [3.05, 3.63) is 59.7 Å². The highest BCUT2D eigenvalue weighted by Gasteiger charge is 2.14. The number of carbonyl (C=O) groups is 4. The van der Waals surface area contributed by atoms with E-state index in [4.69, 9.17) is 14.9 Å². The van der Waals surface area contributed by atoms with Crippen LogP contribution < -0.4 is 4.74 Å².